The van der Waals surface area contributed by atoms with Crippen molar-refractivity contribution in [2.75, 3.05) is 14.2 Å². The number of benzene rings is 1. The molecule has 1 aromatic carbocycles. The number of aromatic nitrogens is 2. The van der Waals surface area contributed by atoms with Gasteiger partial charge in [0.1, 0.15) is 16.4 Å². The van der Waals surface area contributed by atoms with Crippen LogP contribution in [0.4, 0.5) is 0 Å². The zero-order chi connectivity index (χ0) is 21.8. The van der Waals surface area contributed by atoms with Gasteiger partial charge >= 0.3 is 5.97 Å². The molecule has 160 valence electrons. The number of thiophene rings is 1. The Balaban J connectivity index is 2.15. The summed E-state index contributed by atoms with van der Waals surface area (Å²) in [6.45, 7) is 6.54. The van der Waals surface area contributed by atoms with Crippen molar-refractivity contribution >= 4 is 27.5 Å². The Morgan fingerprint density at radius 2 is 2.00 bits per heavy atom. The van der Waals surface area contributed by atoms with E-state index in [0.717, 1.165) is 50.8 Å². The second-order valence-electron chi connectivity index (χ2n) is 7.31. The number of nitrogens with zero attached hydrogens (tertiary/aromatic N) is 2. The molecule has 3 rings (SSSR count). The minimum atomic E-state index is -0.269. The molecule has 3 aromatic rings. The monoisotopic (exact) mass is 428 g/mol. The lowest BCUT2D eigenvalue weighted by Crippen LogP contribution is -2.25. The second kappa shape index (κ2) is 9.43. The number of carbonyl (C=O) groups excluding carboxylic acids is 1. The first-order valence-corrected chi connectivity index (χ1v) is 11.0. The minimum absolute atomic E-state index is 0.0406. The Morgan fingerprint density at radius 1 is 1.23 bits per heavy atom. The van der Waals surface area contributed by atoms with Crippen LogP contribution in [0.15, 0.2) is 23.0 Å². The van der Waals surface area contributed by atoms with Crippen LogP contribution in [-0.4, -0.2) is 29.7 Å². The van der Waals surface area contributed by atoms with Crippen molar-refractivity contribution in [2.45, 2.75) is 53.0 Å². The number of aryl methyl sites for hydroxylation is 3. The molecule has 0 amide bonds. The van der Waals surface area contributed by atoms with Gasteiger partial charge in [0.15, 0.2) is 0 Å². The maximum Gasteiger partial charge on any atom is 0.305 e. The Hall–Kier alpha value is -2.67. The fraction of sp³-hybridized carbons (Fsp3) is 0.435. The van der Waals surface area contributed by atoms with E-state index in [2.05, 4.69) is 6.92 Å². The van der Waals surface area contributed by atoms with Crippen molar-refractivity contribution in [2.24, 2.45) is 0 Å². The predicted molar refractivity (Wildman–Crippen MR) is 121 cm³/mol. The highest BCUT2D eigenvalue weighted by Crippen LogP contribution is 2.37. The van der Waals surface area contributed by atoms with Gasteiger partial charge in [-0.05, 0) is 49.9 Å². The van der Waals surface area contributed by atoms with Crippen molar-refractivity contribution in [3.05, 3.63) is 44.8 Å². The Labute approximate surface area is 180 Å². The molecule has 0 aliphatic heterocycles. The molecular formula is C23H28N2O4S. The van der Waals surface area contributed by atoms with Crippen LogP contribution in [0.25, 0.3) is 21.3 Å². The maximum absolute atomic E-state index is 13.6. The summed E-state index contributed by atoms with van der Waals surface area (Å²) in [6, 6.07) is 5.97. The molecule has 0 fully saturated rings. The molecule has 0 saturated heterocycles. The van der Waals surface area contributed by atoms with Crippen LogP contribution in [0.5, 0.6) is 5.75 Å². The lowest BCUT2D eigenvalue weighted by molar-refractivity contribution is -0.140. The summed E-state index contributed by atoms with van der Waals surface area (Å²) in [6.07, 6.45) is 2.43. The van der Waals surface area contributed by atoms with Gasteiger partial charge in [-0.15, -0.1) is 11.3 Å². The van der Waals surface area contributed by atoms with Gasteiger partial charge in [-0.3, -0.25) is 14.2 Å². The lowest BCUT2D eigenvalue weighted by Gasteiger charge is -2.13. The number of ether oxygens (including phenoxy) is 2. The fourth-order valence-corrected chi connectivity index (χ4v) is 4.80. The van der Waals surface area contributed by atoms with E-state index >= 15 is 0 Å². The number of carbonyl (C=O) groups is 1. The quantitative estimate of drug-likeness (QED) is 0.488. The molecule has 30 heavy (non-hydrogen) atoms. The largest absolute Gasteiger partial charge is 0.496 e. The van der Waals surface area contributed by atoms with E-state index in [4.69, 9.17) is 14.5 Å². The third-order valence-electron chi connectivity index (χ3n) is 5.21. The standard InChI is InChI=1S/C23H28N2O4S/c1-6-8-18-24-22-21(23(27)25(18)12-7-9-19(26)29-5)20(15(3)30-22)16-10-11-17(28-4)14(2)13-16/h10-11,13H,6-9,12H2,1-5H3. The maximum atomic E-state index is 13.6. The van der Waals surface area contributed by atoms with Crippen LogP contribution >= 0.6 is 11.3 Å². The SMILES string of the molecule is CCCc1nc2sc(C)c(-c3ccc(OC)c(C)c3)c2c(=O)n1CCCC(=O)OC. The van der Waals surface area contributed by atoms with Gasteiger partial charge in [0.25, 0.3) is 5.56 Å². The summed E-state index contributed by atoms with van der Waals surface area (Å²) >= 11 is 1.55. The molecule has 0 atom stereocenters. The highest BCUT2D eigenvalue weighted by Gasteiger charge is 2.20. The first kappa shape index (κ1) is 22.0. The molecule has 0 aliphatic carbocycles. The topological polar surface area (TPSA) is 70.4 Å². The average molecular weight is 429 g/mol. The van der Waals surface area contributed by atoms with Crippen LogP contribution in [0.2, 0.25) is 0 Å². The van der Waals surface area contributed by atoms with Crippen molar-refractivity contribution in [1.29, 1.82) is 0 Å². The molecule has 0 bridgehead atoms. The van der Waals surface area contributed by atoms with Gasteiger partial charge in [-0.1, -0.05) is 13.0 Å². The second-order valence-corrected chi connectivity index (χ2v) is 8.52. The highest BCUT2D eigenvalue weighted by atomic mass is 32.1. The lowest BCUT2D eigenvalue weighted by atomic mass is 10.0. The number of methoxy groups -OCH3 is 2. The van der Waals surface area contributed by atoms with Gasteiger partial charge in [0.2, 0.25) is 0 Å². The predicted octanol–water partition coefficient (Wildman–Crippen LogP) is 4.66. The summed E-state index contributed by atoms with van der Waals surface area (Å²) in [7, 11) is 3.03. The van der Waals surface area contributed by atoms with E-state index < -0.39 is 0 Å². The molecule has 0 unspecified atom stereocenters. The van der Waals surface area contributed by atoms with E-state index in [0.29, 0.717) is 18.4 Å². The molecule has 2 heterocycles. The van der Waals surface area contributed by atoms with Gasteiger partial charge in [0.05, 0.1) is 19.6 Å². The van der Waals surface area contributed by atoms with Crippen LogP contribution in [0.1, 0.15) is 42.5 Å². The van der Waals surface area contributed by atoms with Gasteiger partial charge < -0.3 is 9.47 Å². The van der Waals surface area contributed by atoms with Crippen molar-refractivity contribution in [3.63, 3.8) is 0 Å². The molecular weight excluding hydrogens is 400 g/mol. The van der Waals surface area contributed by atoms with Gasteiger partial charge in [-0.25, -0.2) is 4.98 Å². The first-order valence-electron chi connectivity index (χ1n) is 10.2. The van der Waals surface area contributed by atoms with E-state index in [1.807, 2.05) is 32.0 Å². The molecule has 0 saturated carbocycles. The zero-order valence-corrected chi connectivity index (χ0v) is 19.0. The first-order chi connectivity index (χ1) is 14.4. The van der Waals surface area contributed by atoms with Crippen molar-refractivity contribution in [1.82, 2.24) is 9.55 Å². The summed E-state index contributed by atoms with van der Waals surface area (Å²) in [4.78, 5) is 31.8. The van der Waals surface area contributed by atoms with Crippen LogP contribution in [-0.2, 0) is 22.5 Å². The number of hydrogen-bond acceptors (Lipinski definition) is 6. The fourth-order valence-electron chi connectivity index (χ4n) is 3.75. The van der Waals surface area contributed by atoms with Crippen LogP contribution in [0, 0.1) is 13.8 Å². The van der Waals surface area contributed by atoms with E-state index in [-0.39, 0.29) is 17.9 Å². The van der Waals surface area contributed by atoms with E-state index in [1.165, 1.54) is 7.11 Å². The molecule has 0 spiro atoms. The van der Waals surface area contributed by atoms with Crippen LogP contribution < -0.4 is 10.3 Å². The van der Waals surface area contributed by atoms with Crippen LogP contribution in [0.3, 0.4) is 0 Å². The van der Waals surface area contributed by atoms with Gasteiger partial charge in [0, 0.05) is 29.8 Å². The summed E-state index contributed by atoms with van der Waals surface area (Å²) < 4.78 is 11.8. The molecule has 7 heteroatoms. The molecule has 0 radical (unpaired) electrons. The Bertz CT molecular complexity index is 1130. The number of rotatable bonds is 8. The average Bonchev–Trinajstić information content (AvgIpc) is 3.06. The van der Waals surface area contributed by atoms with E-state index in [9.17, 15) is 9.59 Å². The van der Waals surface area contributed by atoms with Crippen molar-refractivity contribution < 1.29 is 14.3 Å². The molecule has 0 aliphatic rings. The third-order valence-corrected chi connectivity index (χ3v) is 6.21. The summed E-state index contributed by atoms with van der Waals surface area (Å²) in [5.41, 5.74) is 2.90. The smallest absolute Gasteiger partial charge is 0.305 e. The third kappa shape index (κ3) is 4.26. The number of fused-ring (bicyclic) bond motifs is 1. The van der Waals surface area contributed by atoms with E-state index in [1.54, 1.807) is 23.0 Å². The molecule has 2 aromatic heterocycles. The van der Waals surface area contributed by atoms with Gasteiger partial charge in [-0.2, -0.15) is 0 Å². The Morgan fingerprint density at radius 3 is 2.63 bits per heavy atom. The molecule has 0 N–H and O–H groups in total. The van der Waals surface area contributed by atoms with Crippen molar-refractivity contribution in [3.8, 4) is 16.9 Å². The Kier molecular flexibility index (Phi) is 6.92. The number of hydrogen-bond donors (Lipinski definition) is 0. The minimum Gasteiger partial charge on any atom is -0.496 e. The summed E-state index contributed by atoms with van der Waals surface area (Å²) in [5, 5.41) is 0.653. The normalized spacial score (nSPS) is 11.1. The number of esters is 1. The molecule has 6 nitrogen and oxygen atoms in total. The summed E-state index contributed by atoms with van der Waals surface area (Å²) in [5.74, 6) is 1.33. The zero-order valence-electron chi connectivity index (χ0n) is 18.2. The highest BCUT2D eigenvalue weighted by molar-refractivity contribution is 7.19.